The molecule has 0 aliphatic heterocycles. The molecule has 0 saturated heterocycles. The van der Waals surface area contributed by atoms with Crippen LogP contribution in [0.5, 0.6) is 0 Å². The van der Waals surface area contributed by atoms with Crippen molar-refractivity contribution < 1.29 is 0 Å². The standard InChI is InChI=1S/C16H27N3/c1-3-14(17)16(15-11-7-8-12-18-15)19(4-2)13-9-5-6-10-13/h7-8,11-14,16H,3-6,9-10,17H2,1-2H3. The van der Waals surface area contributed by atoms with Gasteiger partial charge in [0, 0.05) is 18.3 Å². The van der Waals surface area contributed by atoms with Crippen molar-refractivity contribution in [1.29, 1.82) is 0 Å². The lowest BCUT2D eigenvalue weighted by molar-refractivity contribution is 0.118. The number of rotatable bonds is 6. The minimum atomic E-state index is 0.162. The Balaban J connectivity index is 2.25. The van der Waals surface area contributed by atoms with Gasteiger partial charge >= 0.3 is 0 Å². The molecular formula is C16H27N3. The van der Waals surface area contributed by atoms with Crippen LogP contribution in [-0.2, 0) is 0 Å². The molecule has 2 atom stereocenters. The van der Waals surface area contributed by atoms with Crippen LogP contribution < -0.4 is 5.73 Å². The topological polar surface area (TPSA) is 42.1 Å². The smallest absolute Gasteiger partial charge is 0.0675 e. The fraction of sp³-hybridized carbons (Fsp3) is 0.688. The number of pyridine rings is 1. The average Bonchev–Trinajstić information content (AvgIpc) is 2.98. The van der Waals surface area contributed by atoms with Gasteiger partial charge in [-0.05, 0) is 37.9 Å². The molecule has 0 amide bonds. The highest BCUT2D eigenvalue weighted by molar-refractivity contribution is 5.12. The summed E-state index contributed by atoms with van der Waals surface area (Å²) in [5, 5.41) is 0. The Kier molecular flexibility index (Phi) is 5.34. The summed E-state index contributed by atoms with van der Waals surface area (Å²) in [6.07, 6.45) is 8.22. The third kappa shape index (κ3) is 3.34. The van der Waals surface area contributed by atoms with Crippen molar-refractivity contribution in [1.82, 2.24) is 9.88 Å². The largest absolute Gasteiger partial charge is 0.326 e. The number of nitrogens with two attached hydrogens (primary N) is 1. The second-order valence-corrected chi connectivity index (χ2v) is 5.54. The third-order valence-corrected chi connectivity index (χ3v) is 4.38. The maximum Gasteiger partial charge on any atom is 0.0675 e. The van der Waals surface area contributed by atoms with Gasteiger partial charge in [0.15, 0.2) is 0 Å². The lowest BCUT2D eigenvalue weighted by atomic mass is 9.98. The van der Waals surface area contributed by atoms with Crippen LogP contribution in [0, 0.1) is 0 Å². The molecule has 1 aromatic rings. The summed E-state index contributed by atoms with van der Waals surface area (Å²) in [6, 6.07) is 7.28. The quantitative estimate of drug-likeness (QED) is 0.855. The Morgan fingerprint density at radius 3 is 2.58 bits per heavy atom. The molecule has 19 heavy (non-hydrogen) atoms. The summed E-state index contributed by atoms with van der Waals surface area (Å²) in [4.78, 5) is 7.15. The SMILES string of the molecule is CCC(N)C(c1ccccn1)N(CC)C1CCCC1. The van der Waals surface area contributed by atoms with Crippen LogP contribution in [-0.4, -0.2) is 28.5 Å². The number of hydrogen-bond acceptors (Lipinski definition) is 3. The van der Waals surface area contributed by atoms with E-state index in [1.807, 2.05) is 12.3 Å². The van der Waals surface area contributed by atoms with Crippen molar-refractivity contribution in [3.8, 4) is 0 Å². The van der Waals surface area contributed by atoms with Gasteiger partial charge in [-0.3, -0.25) is 9.88 Å². The van der Waals surface area contributed by atoms with Crippen molar-refractivity contribution in [3.05, 3.63) is 30.1 Å². The molecular weight excluding hydrogens is 234 g/mol. The molecule has 1 aromatic heterocycles. The highest BCUT2D eigenvalue weighted by Crippen LogP contribution is 2.32. The van der Waals surface area contributed by atoms with Crippen LogP contribution in [0.25, 0.3) is 0 Å². The van der Waals surface area contributed by atoms with Gasteiger partial charge < -0.3 is 5.73 Å². The molecule has 0 radical (unpaired) electrons. The normalized spacial score (nSPS) is 19.8. The van der Waals surface area contributed by atoms with E-state index in [4.69, 9.17) is 5.73 Å². The van der Waals surface area contributed by atoms with E-state index < -0.39 is 0 Å². The van der Waals surface area contributed by atoms with Gasteiger partial charge in [-0.2, -0.15) is 0 Å². The predicted molar refractivity (Wildman–Crippen MR) is 79.9 cm³/mol. The maximum absolute atomic E-state index is 6.41. The summed E-state index contributed by atoms with van der Waals surface area (Å²) >= 11 is 0. The molecule has 3 nitrogen and oxygen atoms in total. The molecule has 2 N–H and O–H groups in total. The zero-order valence-electron chi connectivity index (χ0n) is 12.3. The molecule has 0 spiro atoms. The number of nitrogens with zero attached hydrogens (tertiary/aromatic N) is 2. The van der Waals surface area contributed by atoms with E-state index in [9.17, 15) is 0 Å². The zero-order chi connectivity index (χ0) is 13.7. The van der Waals surface area contributed by atoms with Crippen molar-refractivity contribution in [3.63, 3.8) is 0 Å². The Bertz CT molecular complexity index is 360. The van der Waals surface area contributed by atoms with Gasteiger partial charge in [-0.1, -0.05) is 32.8 Å². The maximum atomic E-state index is 6.41. The van der Waals surface area contributed by atoms with E-state index in [2.05, 4.69) is 35.9 Å². The predicted octanol–water partition coefficient (Wildman–Crippen LogP) is 3.12. The zero-order valence-corrected chi connectivity index (χ0v) is 12.3. The van der Waals surface area contributed by atoms with Crippen molar-refractivity contribution in [2.75, 3.05) is 6.54 Å². The number of aromatic nitrogens is 1. The fourth-order valence-electron chi connectivity index (χ4n) is 3.33. The molecule has 1 saturated carbocycles. The first-order valence-electron chi connectivity index (χ1n) is 7.70. The van der Waals surface area contributed by atoms with Gasteiger partial charge in [0.05, 0.1) is 11.7 Å². The summed E-state index contributed by atoms with van der Waals surface area (Å²) in [6.45, 7) is 5.47. The first kappa shape index (κ1) is 14.5. The van der Waals surface area contributed by atoms with Crippen LogP contribution in [0.15, 0.2) is 24.4 Å². The highest BCUT2D eigenvalue weighted by Gasteiger charge is 2.32. The minimum absolute atomic E-state index is 0.162. The van der Waals surface area contributed by atoms with E-state index >= 15 is 0 Å². The molecule has 0 aromatic carbocycles. The van der Waals surface area contributed by atoms with Crippen molar-refractivity contribution in [2.24, 2.45) is 5.73 Å². The Morgan fingerprint density at radius 1 is 1.32 bits per heavy atom. The Labute approximate surface area is 117 Å². The minimum Gasteiger partial charge on any atom is -0.326 e. The molecule has 0 bridgehead atoms. The van der Waals surface area contributed by atoms with Gasteiger partial charge in [0.1, 0.15) is 0 Å². The fourth-order valence-corrected chi connectivity index (χ4v) is 3.33. The summed E-state index contributed by atoms with van der Waals surface area (Å²) < 4.78 is 0. The second kappa shape index (κ2) is 7.01. The van der Waals surface area contributed by atoms with Gasteiger partial charge in [0.25, 0.3) is 0 Å². The Morgan fingerprint density at radius 2 is 2.05 bits per heavy atom. The average molecular weight is 261 g/mol. The summed E-state index contributed by atoms with van der Waals surface area (Å²) in [5.41, 5.74) is 7.54. The Hall–Kier alpha value is -0.930. The van der Waals surface area contributed by atoms with Gasteiger partial charge in [-0.15, -0.1) is 0 Å². The number of likely N-dealkylation sites (N-methyl/N-ethyl adjacent to an activating group) is 1. The van der Waals surface area contributed by atoms with Crippen molar-refractivity contribution >= 4 is 0 Å². The molecule has 1 heterocycles. The summed E-state index contributed by atoms with van der Waals surface area (Å²) in [5.74, 6) is 0. The van der Waals surface area contributed by atoms with Crippen LogP contribution >= 0.6 is 0 Å². The van der Waals surface area contributed by atoms with E-state index in [0.29, 0.717) is 6.04 Å². The lowest BCUT2D eigenvalue weighted by Crippen LogP contribution is -2.45. The first-order valence-corrected chi connectivity index (χ1v) is 7.70. The third-order valence-electron chi connectivity index (χ3n) is 4.38. The molecule has 1 aliphatic rings. The molecule has 2 rings (SSSR count). The van der Waals surface area contributed by atoms with Crippen LogP contribution in [0.4, 0.5) is 0 Å². The molecule has 1 aliphatic carbocycles. The van der Waals surface area contributed by atoms with Gasteiger partial charge in [0.2, 0.25) is 0 Å². The molecule has 3 heteroatoms. The van der Waals surface area contributed by atoms with E-state index in [1.165, 1.54) is 25.7 Å². The second-order valence-electron chi connectivity index (χ2n) is 5.54. The molecule has 1 fully saturated rings. The van der Waals surface area contributed by atoms with E-state index in [-0.39, 0.29) is 12.1 Å². The molecule has 106 valence electrons. The highest BCUT2D eigenvalue weighted by atomic mass is 15.2. The molecule has 2 unspecified atom stereocenters. The summed E-state index contributed by atoms with van der Waals surface area (Å²) in [7, 11) is 0. The van der Waals surface area contributed by atoms with Crippen LogP contribution in [0.3, 0.4) is 0 Å². The van der Waals surface area contributed by atoms with Crippen molar-refractivity contribution in [2.45, 2.75) is 64.1 Å². The van der Waals surface area contributed by atoms with Gasteiger partial charge in [-0.25, -0.2) is 0 Å². The monoisotopic (exact) mass is 261 g/mol. The van der Waals surface area contributed by atoms with E-state index in [1.54, 1.807) is 0 Å². The first-order chi connectivity index (χ1) is 9.27. The van der Waals surface area contributed by atoms with Crippen LogP contribution in [0.2, 0.25) is 0 Å². The van der Waals surface area contributed by atoms with Crippen LogP contribution in [0.1, 0.15) is 57.7 Å². The lowest BCUT2D eigenvalue weighted by Gasteiger charge is -2.38. The van der Waals surface area contributed by atoms with E-state index in [0.717, 1.165) is 18.7 Å². The number of hydrogen-bond donors (Lipinski definition) is 1.